The first kappa shape index (κ1) is 31.9. The maximum atomic E-state index is 14.3. The van der Waals surface area contributed by atoms with Crippen molar-refractivity contribution in [2.24, 2.45) is 0 Å². The van der Waals surface area contributed by atoms with Crippen LogP contribution in [0.2, 0.25) is 0 Å². The third kappa shape index (κ3) is 6.63. The summed E-state index contributed by atoms with van der Waals surface area (Å²) in [5.74, 6) is -0.427. The van der Waals surface area contributed by atoms with Crippen molar-refractivity contribution in [1.82, 2.24) is 10.2 Å². The summed E-state index contributed by atoms with van der Waals surface area (Å²) in [6.07, 6.45) is 2.22. The predicted octanol–water partition coefficient (Wildman–Crippen LogP) is 2.90. The number of hydrogen-bond acceptors (Lipinski definition) is 9. The molecule has 3 unspecified atom stereocenters. The van der Waals surface area contributed by atoms with Gasteiger partial charge in [-0.15, -0.1) is 0 Å². The normalized spacial score (nSPS) is 20.3. The molecule has 0 saturated heterocycles. The van der Waals surface area contributed by atoms with Gasteiger partial charge in [-0.3, -0.25) is 9.59 Å². The largest absolute Gasteiger partial charge is 0.493 e. The lowest BCUT2D eigenvalue weighted by molar-refractivity contribution is -0.118. The van der Waals surface area contributed by atoms with Gasteiger partial charge in [0.1, 0.15) is 23.4 Å². The van der Waals surface area contributed by atoms with Crippen molar-refractivity contribution in [2.45, 2.75) is 63.0 Å². The number of carbonyl (C=O) groups is 2. The zero-order chi connectivity index (χ0) is 31.4. The van der Waals surface area contributed by atoms with Gasteiger partial charge in [-0.25, -0.2) is 4.79 Å². The Morgan fingerprint density at radius 3 is 2.59 bits per heavy atom. The second-order valence-corrected chi connectivity index (χ2v) is 12.1. The average molecular weight is 719 g/mol. The van der Waals surface area contributed by atoms with Crippen molar-refractivity contribution >= 4 is 45.4 Å². The number of nitrogens with zero attached hydrogens (tertiary/aromatic N) is 1. The number of halogens is 1. The molecular formula is C32H35IN2O9. The van der Waals surface area contributed by atoms with E-state index >= 15 is 0 Å². The molecule has 0 bridgehead atoms. The summed E-state index contributed by atoms with van der Waals surface area (Å²) >= 11 is 2.04. The summed E-state index contributed by atoms with van der Waals surface area (Å²) in [7, 11) is 1.46. The van der Waals surface area contributed by atoms with Crippen LogP contribution in [0.15, 0.2) is 63.3 Å². The molecule has 4 N–H and O–H groups in total. The standard InChI is InChI=1S/C32H35IN2O9/c1-42-27-13-18(17-37)12-23(33)29(27)43-26-16-20(30(39)34-10-11-36)15-24(28(26)38)35(21-7-3-4-8-21)31(40)22-14-19-6-2-5-9-25(19)44-32(22)41/h2,5-6,9,12-14,16,21,24,26,28,36-38H,3-4,7-8,10-11,15,17H2,1H3,(H,34,39). The first-order valence-electron chi connectivity index (χ1n) is 14.5. The third-order valence-electron chi connectivity index (χ3n) is 8.12. The molecule has 0 aliphatic heterocycles. The van der Waals surface area contributed by atoms with Gasteiger partial charge in [-0.05, 0) is 71.3 Å². The first-order chi connectivity index (χ1) is 21.2. The Kier molecular flexibility index (Phi) is 10.2. The van der Waals surface area contributed by atoms with Crippen LogP contribution in [0.5, 0.6) is 11.5 Å². The molecule has 2 aliphatic carbocycles. The van der Waals surface area contributed by atoms with E-state index in [2.05, 4.69) is 5.32 Å². The third-order valence-corrected chi connectivity index (χ3v) is 8.92. The highest BCUT2D eigenvalue weighted by Crippen LogP contribution is 2.38. The van der Waals surface area contributed by atoms with Crippen LogP contribution in [-0.4, -0.2) is 76.6 Å². The van der Waals surface area contributed by atoms with Crippen LogP contribution in [0.4, 0.5) is 0 Å². The van der Waals surface area contributed by atoms with E-state index in [1.54, 1.807) is 41.3 Å². The van der Waals surface area contributed by atoms with Gasteiger partial charge >= 0.3 is 5.63 Å². The van der Waals surface area contributed by atoms with Crippen LogP contribution < -0.4 is 20.4 Å². The van der Waals surface area contributed by atoms with E-state index in [0.717, 1.165) is 12.8 Å². The Morgan fingerprint density at radius 2 is 1.89 bits per heavy atom. The van der Waals surface area contributed by atoms with Gasteiger partial charge in [0.2, 0.25) is 5.91 Å². The van der Waals surface area contributed by atoms with Crippen LogP contribution in [0.25, 0.3) is 11.0 Å². The molecule has 1 fully saturated rings. The quantitative estimate of drug-likeness (QED) is 0.183. The monoisotopic (exact) mass is 718 g/mol. The van der Waals surface area contributed by atoms with E-state index in [0.29, 0.717) is 44.4 Å². The van der Waals surface area contributed by atoms with Crippen molar-refractivity contribution in [1.29, 1.82) is 0 Å². The molecule has 3 atom stereocenters. The summed E-state index contributed by atoms with van der Waals surface area (Å²) < 4.78 is 17.9. The van der Waals surface area contributed by atoms with Crippen LogP contribution in [0, 0.1) is 3.57 Å². The van der Waals surface area contributed by atoms with E-state index in [4.69, 9.17) is 13.9 Å². The summed E-state index contributed by atoms with van der Waals surface area (Å²) in [5, 5.41) is 34.1. The number of amides is 2. The summed E-state index contributed by atoms with van der Waals surface area (Å²) in [6, 6.07) is 10.5. The minimum Gasteiger partial charge on any atom is -0.493 e. The molecule has 2 aromatic carbocycles. The number of nitrogens with one attached hydrogen (secondary N) is 1. The minimum absolute atomic E-state index is 0.00286. The fraction of sp³-hybridized carbons (Fsp3) is 0.406. The molecular weight excluding hydrogens is 683 g/mol. The van der Waals surface area contributed by atoms with E-state index < -0.39 is 35.7 Å². The Labute approximate surface area is 267 Å². The zero-order valence-electron chi connectivity index (χ0n) is 24.2. The molecule has 0 radical (unpaired) electrons. The average Bonchev–Trinajstić information content (AvgIpc) is 3.56. The van der Waals surface area contributed by atoms with E-state index in [1.165, 1.54) is 19.3 Å². The highest BCUT2D eigenvalue weighted by Gasteiger charge is 2.44. The molecule has 11 nitrogen and oxygen atoms in total. The Balaban J connectivity index is 1.57. The number of aliphatic hydroxyl groups excluding tert-OH is 3. The number of aliphatic hydroxyl groups is 3. The predicted molar refractivity (Wildman–Crippen MR) is 170 cm³/mol. The topological polar surface area (TPSA) is 159 Å². The number of para-hydroxylation sites is 1. The molecule has 44 heavy (non-hydrogen) atoms. The SMILES string of the molecule is COc1cc(CO)cc(I)c1OC1C=C(C(=O)NCCO)CC(N(C(=O)c2cc3ccccc3oc2=O)C2CCCC2)C1O. The molecule has 1 heterocycles. The Hall–Kier alpha value is -3.46. The molecule has 0 spiro atoms. The van der Waals surface area contributed by atoms with Crippen molar-refractivity contribution in [2.75, 3.05) is 20.3 Å². The molecule has 1 saturated carbocycles. The van der Waals surface area contributed by atoms with Gasteiger partial charge in [0.25, 0.3) is 5.91 Å². The van der Waals surface area contributed by atoms with Gasteiger partial charge in [-0.1, -0.05) is 31.0 Å². The number of hydrogen-bond donors (Lipinski definition) is 4. The molecule has 1 aromatic heterocycles. The molecule has 2 aliphatic rings. The number of carbonyl (C=O) groups excluding carboxylic acids is 2. The lowest BCUT2D eigenvalue weighted by Gasteiger charge is -2.43. The fourth-order valence-corrected chi connectivity index (χ4v) is 6.78. The lowest BCUT2D eigenvalue weighted by atomic mass is 9.86. The fourth-order valence-electron chi connectivity index (χ4n) is 5.98. The minimum atomic E-state index is -1.29. The van der Waals surface area contributed by atoms with Crippen molar-refractivity contribution < 1.29 is 38.8 Å². The summed E-state index contributed by atoms with van der Waals surface area (Å²) in [4.78, 5) is 42.1. The van der Waals surface area contributed by atoms with Gasteiger partial charge in [0.05, 0.1) is 29.9 Å². The van der Waals surface area contributed by atoms with Crippen molar-refractivity contribution in [3.63, 3.8) is 0 Å². The van der Waals surface area contributed by atoms with Crippen molar-refractivity contribution in [3.05, 3.63) is 79.2 Å². The highest BCUT2D eigenvalue weighted by molar-refractivity contribution is 14.1. The van der Waals surface area contributed by atoms with Crippen LogP contribution in [0.3, 0.4) is 0 Å². The number of fused-ring (bicyclic) bond motifs is 1. The summed E-state index contributed by atoms with van der Waals surface area (Å²) in [6.45, 7) is -0.453. The number of rotatable bonds is 10. The highest BCUT2D eigenvalue weighted by atomic mass is 127. The van der Waals surface area contributed by atoms with Gasteiger partial charge < -0.3 is 39.4 Å². The Bertz CT molecular complexity index is 1610. The van der Waals surface area contributed by atoms with Crippen LogP contribution >= 0.6 is 22.6 Å². The second-order valence-electron chi connectivity index (χ2n) is 10.9. The lowest BCUT2D eigenvalue weighted by Crippen LogP contribution is -2.58. The van der Waals surface area contributed by atoms with Gasteiger partial charge in [-0.2, -0.15) is 0 Å². The van der Waals surface area contributed by atoms with Gasteiger partial charge in [0, 0.05) is 30.0 Å². The van der Waals surface area contributed by atoms with Crippen LogP contribution in [-0.2, 0) is 11.4 Å². The molecule has 3 aromatic rings. The maximum absolute atomic E-state index is 14.3. The number of methoxy groups -OCH3 is 1. The van der Waals surface area contributed by atoms with Crippen molar-refractivity contribution in [3.8, 4) is 11.5 Å². The molecule has 12 heteroatoms. The van der Waals surface area contributed by atoms with E-state index in [-0.39, 0.29) is 43.4 Å². The van der Waals surface area contributed by atoms with Gasteiger partial charge in [0.15, 0.2) is 11.5 Å². The molecule has 5 rings (SSSR count). The first-order valence-corrected chi connectivity index (χ1v) is 15.6. The van der Waals surface area contributed by atoms with Crippen LogP contribution in [0.1, 0.15) is 48.0 Å². The molecule has 234 valence electrons. The second kappa shape index (κ2) is 14.1. The number of benzene rings is 2. The van der Waals surface area contributed by atoms with E-state index in [9.17, 15) is 29.7 Å². The number of ether oxygens (including phenoxy) is 2. The summed E-state index contributed by atoms with van der Waals surface area (Å²) in [5.41, 5.74) is 0.286. The Morgan fingerprint density at radius 1 is 1.14 bits per heavy atom. The van der Waals surface area contributed by atoms with E-state index in [1.807, 2.05) is 22.6 Å². The molecule has 2 amide bonds. The smallest absolute Gasteiger partial charge is 0.349 e. The zero-order valence-corrected chi connectivity index (χ0v) is 26.4. The maximum Gasteiger partial charge on any atom is 0.349 e.